The number of hydrogen-bond acceptors (Lipinski definition) is 0. The van der Waals surface area contributed by atoms with Gasteiger partial charge in [0.25, 0.3) is 0 Å². The summed E-state index contributed by atoms with van der Waals surface area (Å²) in [6, 6.07) is 7.72. The Morgan fingerprint density at radius 1 is 1.42 bits per heavy atom. The first-order chi connectivity index (χ1) is 5.81. The van der Waals surface area contributed by atoms with Crippen LogP contribution in [0.2, 0.25) is 0 Å². The quantitative estimate of drug-likeness (QED) is 0.566. The highest BCUT2D eigenvalue weighted by Gasteiger charge is 2.01. The van der Waals surface area contributed by atoms with Gasteiger partial charge in [-0.1, -0.05) is 12.1 Å². The van der Waals surface area contributed by atoms with E-state index in [0.29, 0.717) is 0 Å². The largest absolute Gasteiger partial charge is 0.360 e. The van der Waals surface area contributed by atoms with Gasteiger partial charge in [-0.25, -0.2) is 4.85 Å². The van der Waals surface area contributed by atoms with Crippen molar-refractivity contribution in [3.8, 4) is 0 Å². The third-order valence-electron chi connectivity index (χ3n) is 1.90. The van der Waals surface area contributed by atoms with Crippen LogP contribution < -0.4 is 0 Å². The molecule has 0 amide bonds. The molecule has 0 aliphatic rings. The first kappa shape index (κ1) is 6.93. The topological polar surface area (TPSA) is 20.1 Å². The van der Waals surface area contributed by atoms with E-state index < -0.39 is 0 Å². The Kier molecular flexibility index (Phi) is 1.38. The molecule has 0 aliphatic carbocycles. The minimum atomic E-state index is 0.719. The molecule has 0 radical (unpaired) electrons. The molecule has 0 aliphatic heterocycles. The van der Waals surface area contributed by atoms with Gasteiger partial charge >= 0.3 is 0 Å². The fraction of sp³-hybridized carbons (Fsp3) is 0.100. The maximum atomic E-state index is 6.95. The Morgan fingerprint density at radius 2 is 2.25 bits per heavy atom. The fourth-order valence-corrected chi connectivity index (χ4v) is 1.38. The number of fused-ring (bicyclic) bond motifs is 1. The van der Waals surface area contributed by atoms with E-state index in [2.05, 4.69) is 9.83 Å². The van der Waals surface area contributed by atoms with E-state index in [1.807, 2.05) is 31.2 Å². The molecule has 12 heavy (non-hydrogen) atoms. The maximum absolute atomic E-state index is 6.95. The van der Waals surface area contributed by atoms with E-state index in [9.17, 15) is 0 Å². The van der Waals surface area contributed by atoms with Crippen LogP contribution >= 0.6 is 0 Å². The molecule has 58 valence electrons. The predicted molar refractivity (Wildman–Crippen MR) is 49.3 cm³/mol. The van der Waals surface area contributed by atoms with Gasteiger partial charge in [0.2, 0.25) is 0 Å². The maximum Gasteiger partial charge on any atom is 0.196 e. The summed E-state index contributed by atoms with van der Waals surface area (Å²) >= 11 is 0. The molecule has 2 nitrogen and oxygen atoms in total. The molecule has 1 N–H and O–H groups in total. The Labute approximate surface area is 70.7 Å². The number of hydrogen-bond donors (Lipinski definition) is 1. The molecular formula is C10H8N2. The fourth-order valence-electron chi connectivity index (χ4n) is 1.38. The number of aromatic amines is 1. The second kappa shape index (κ2) is 2.38. The van der Waals surface area contributed by atoms with Crippen LogP contribution in [0.25, 0.3) is 15.7 Å². The number of benzene rings is 1. The Morgan fingerprint density at radius 3 is 3.00 bits per heavy atom. The van der Waals surface area contributed by atoms with Crippen LogP contribution in [0, 0.1) is 13.5 Å². The van der Waals surface area contributed by atoms with Crippen molar-refractivity contribution in [3.05, 3.63) is 41.4 Å². The number of nitrogens with one attached hydrogen (secondary N) is 1. The van der Waals surface area contributed by atoms with Gasteiger partial charge < -0.3 is 4.98 Å². The molecule has 0 atom stereocenters. The summed E-state index contributed by atoms with van der Waals surface area (Å²) in [7, 11) is 0. The van der Waals surface area contributed by atoms with E-state index >= 15 is 0 Å². The van der Waals surface area contributed by atoms with Crippen LogP contribution in [-0.4, -0.2) is 4.98 Å². The van der Waals surface area contributed by atoms with Crippen molar-refractivity contribution in [1.29, 1.82) is 0 Å². The highest BCUT2D eigenvalue weighted by molar-refractivity contribution is 5.92. The van der Waals surface area contributed by atoms with Gasteiger partial charge in [0, 0.05) is 16.6 Å². The smallest absolute Gasteiger partial charge is 0.196 e. The van der Waals surface area contributed by atoms with Gasteiger partial charge in [-0.05, 0) is 19.1 Å². The normalized spacial score (nSPS) is 10.0. The summed E-state index contributed by atoms with van der Waals surface area (Å²) in [4.78, 5) is 6.63. The Balaban J connectivity index is 2.89. The van der Waals surface area contributed by atoms with E-state index in [-0.39, 0.29) is 0 Å². The lowest BCUT2D eigenvalue weighted by atomic mass is 10.2. The van der Waals surface area contributed by atoms with Crippen LogP contribution in [0.3, 0.4) is 0 Å². The SMILES string of the molecule is [C-]#[N+]c1cccc2[nH]c(C)cc12. The van der Waals surface area contributed by atoms with Crippen molar-refractivity contribution >= 4 is 16.6 Å². The van der Waals surface area contributed by atoms with E-state index in [1.54, 1.807) is 0 Å². The molecule has 0 spiro atoms. The summed E-state index contributed by atoms with van der Waals surface area (Å²) in [5, 5.41) is 1.02. The molecule has 0 bridgehead atoms. The van der Waals surface area contributed by atoms with Crippen molar-refractivity contribution in [2.75, 3.05) is 0 Å². The Bertz CT molecular complexity index is 460. The third kappa shape index (κ3) is 0.876. The van der Waals surface area contributed by atoms with Gasteiger partial charge in [-0.2, -0.15) is 0 Å². The second-order valence-corrected chi connectivity index (χ2v) is 2.80. The average Bonchev–Trinajstić information content (AvgIpc) is 2.44. The van der Waals surface area contributed by atoms with E-state index in [4.69, 9.17) is 6.57 Å². The number of rotatable bonds is 0. The second-order valence-electron chi connectivity index (χ2n) is 2.80. The van der Waals surface area contributed by atoms with Gasteiger partial charge in [-0.15, -0.1) is 0 Å². The van der Waals surface area contributed by atoms with Crippen LogP contribution in [0.1, 0.15) is 5.69 Å². The molecule has 2 rings (SSSR count). The lowest BCUT2D eigenvalue weighted by Crippen LogP contribution is -1.66. The summed E-state index contributed by atoms with van der Waals surface area (Å²) < 4.78 is 0. The van der Waals surface area contributed by atoms with Crippen LogP contribution in [-0.2, 0) is 0 Å². The first-order valence-corrected chi connectivity index (χ1v) is 3.77. The zero-order valence-corrected chi connectivity index (χ0v) is 6.76. The van der Waals surface area contributed by atoms with Crippen LogP contribution in [0.4, 0.5) is 5.69 Å². The lowest BCUT2D eigenvalue weighted by molar-refractivity contribution is 1.30. The van der Waals surface area contributed by atoms with Gasteiger partial charge in [0.1, 0.15) is 0 Å². The molecule has 2 aromatic rings. The summed E-state index contributed by atoms with van der Waals surface area (Å²) in [5.74, 6) is 0. The molecular weight excluding hydrogens is 148 g/mol. The molecule has 1 aromatic carbocycles. The van der Waals surface area contributed by atoms with Crippen molar-refractivity contribution in [3.63, 3.8) is 0 Å². The van der Waals surface area contributed by atoms with Crippen LogP contribution in [0.5, 0.6) is 0 Å². The minimum absolute atomic E-state index is 0.719. The summed E-state index contributed by atoms with van der Waals surface area (Å²) in [6.07, 6.45) is 0. The summed E-state index contributed by atoms with van der Waals surface area (Å²) in [5.41, 5.74) is 2.86. The van der Waals surface area contributed by atoms with Gasteiger partial charge in [-0.3, -0.25) is 0 Å². The van der Waals surface area contributed by atoms with Gasteiger partial charge in [0.15, 0.2) is 5.69 Å². The van der Waals surface area contributed by atoms with Gasteiger partial charge in [0.05, 0.1) is 6.57 Å². The highest BCUT2D eigenvalue weighted by Crippen LogP contribution is 2.25. The zero-order valence-electron chi connectivity index (χ0n) is 6.76. The van der Waals surface area contributed by atoms with Crippen molar-refractivity contribution in [2.45, 2.75) is 6.92 Å². The predicted octanol–water partition coefficient (Wildman–Crippen LogP) is 3.03. The van der Waals surface area contributed by atoms with Crippen molar-refractivity contribution < 1.29 is 0 Å². The van der Waals surface area contributed by atoms with Crippen molar-refractivity contribution in [1.82, 2.24) is 4.98 Å². The highest BCUT2D eigenvalue weighted by atomic mass is 14.7. The zero-order chi connectivity index (χ0) is 8.55. The number of aromatic nitrogens is 1. The molecule has 1 aromatic heterocycles. The molecule has 0 unspecified atom stereocenters. The molecule has 2 heteroatoms. The third-order valence-corrected chi connectivity index (χ3v) is 1.90. The Hall–Kier alpha value is -1.75. The number of nitrogens with zero attached hydrogens (tertiary/aromatic N) is 1. The van der Waals surface area contributed by atoms with E-state index in [1.165, 1.54) is 0 Å². The molecule has 0 saturated carbocycles. The molecule has 0 saturated heterocycles. The molecule has 1 heterocycles. The number of H-pyrrole nitrogens is 1. The first-order valence-electron chi connectivity index (χ1n) is 3.77. The lowest BCUT2D eigenvalue weighted by Gasteiger charge is -1.90. The monoisotopic (exact) mass is 156 g/mol. The van der Waals surface area contributed by atoms with Crippen molar-refractivity contribution in [2.24, 2.45) is 0 Å². The minimum Gasteiger partial charge on any atom is -0.360 e. The summed E-state index contributed by atoms with van der Waals surface area (Å²) in [6.45, 7) is 8.94. The van der Waals surface area contributed by atoms with E-state index in [0.717, 1.165) is 22.3 Å². The standard InChI is InChI=1S/C10H8N2/c1-7-6-8-9(11-2)4-3-5-10(8)12-7/h3-6,12H,1H3. The average molecular weight is 156 g/mol. The molecule has 0 fully saturated rings. The van der Waals surface area contributed by atoms with Crippen LogP contribution in [0.15, 0.2) is 24.3 Å². The number of aryl methyl sites for hydroxylation is 1.